The molecule has 0 aromatic heterocycles. The fourth-order valence-corrected chi connectivity index (χ4v) is 1.26. The van der Waals surface area contributed by atoms with Crippen molar-refractivity contribution in [3.63, 3.8) is 0 Å². The average molecular weight is 245 g/mol. The summed E-state index contributed by atoms with van der Waals surface area (Å²) in [6, 6.07) is 1.20. The second kappa shape index (κ2) is 5.33. The molecule has 1 aromatic carbocycles. The van der Waals surface area contributed by atoms with Crippen molar-refractivity contribution in [2.75, 3.05) is 6.61 Å². The van der Waals surface area contributed by atoms with E-state index in [2.05, 4.69) is 4.74 Å². The minimum atomic E-state index is -1.22. The number of esters is 1. The van der Waals surface area contributed by atoms with Crippen molar-refractivity contribution in [1.82, 2.24) is 0 Å². The van der Waals surface area contributed by atoms with Gasteiger partial charge in [0.2, 0.25) is 5.82 Å². The molecule has 0 aliphatic rings. The molecule has 17 heavy (non-hydrogen) atoms. The first kappa shape index (κ1) is 13.0. The van der Waals surface area contributed by atoms with Crippen LogP contribution in [0.25, 0.3) is 0 Å². The van der Waals surface area contributed by atoms with Crippen molar-refractivity contribution in [1.29, 1.82) is 0 Å². The number of nitrogens with zero attached hydrogens (tertiary/aromatic N) is 1. The number of carbonyl (C=O) groups excluding carboxylic acids is 1. The molecule has 7 heteroatoms. The highest BCUT2D eigenvalue weighted by molar-refractivity contribution is 5.73. The summed E-state index contributed by atoms with van der Waals surface area (Å²) in [5.74, 6) is -2.96. The van der Waals surface area contributed by atoms with Gasteiger partial charge < -0.3 is 4.74 Å². The molecule has 1 aromatic rings. The molecule has 0 spiro atoms. The van der Waals surface area contributed by atoms with Crippen LogP contribution < -0.4 is 0 Å². The molecular weight excluding hydrogens is 236 g/mol. The number of halogens is 2. The number of carbonyl (C=O) groups is 1. The van der Waals surface area contributed by atoms with E-state index in [0.717, 1.165) is 6.07 Å². The molecular formula is C10H9F2NO4. The van der Waals surface area contributed by atoms with Crippen LogP contribution in [0.2, 0.25) is 0 Å². The minimum absolute atomic E-state index is 0.0951. The standard InChI is InChI=1S/C10H9F2NO4/c1-2-17-9(14)4-6-3-7(11)5-8(10(6)12)13(15)16/h3,5H,2,4H2,1H3. The van der Waals surface area contributed by atoms with Crippen molar-refractivity contribution < 1.29 is 23.2 Å². The Bertz CT molecular complexity index is 462. The highest BCUT2D eigenvalue weighted by Gasteiger charge is 2.21. The predicted octanol–water partition coefficient (Wildman–Crippen LogP) is 1.98. The van der Waals surface area contributed by atoms with Crippen molar-refractivity contribution >= 4 is 11.7 Å². The molecule has 0 aliphatic carbocycles. The van der Waals surface area contributed by atoms with Gasteiger partial charge in [0.1, 0.15) is 5.82 Å². The van der Waals surface area contributed by atoms with Gasteiger partial charge in [0.25, 0.3) is 0 Å². The van der Waals surface area contributed by atoms with Gasteiger partial charge in [-0.2, -0.15) is 4.39 Å². The van der Waals surface area contributed by atoms with Gasteiger partial charge in [0.05, 0.1) is 24.0 Å². The third kappa shape index (κ3) is 3.20. The average Bonchev–Trinajstić information content (AvgIpc) is 2.22. The van der Waals surface area contributed by atoms with Crippen molar-refractivity contribution in [2.24, 2.45) is 0 Å². The molecule has 0 bridgehead atoms. The summed E-state index contributed by atoms with van der Waals surface area (Å²) in [5, 5.41) is 10.4. The first-order valence-corrected chi connectivity index (χ1v) is 4.73. The summed E-state index contributed by atoms with van der Waals surface area (Å²) in [6.07, 6.45) is -0.543. The van der Waals surface area contributed by atoms with E-state index in [0.29, 0.717) is 6.07 Å². The summed E-state index contributed by atoms with van der Waals surface area (Å²) < 4.78 is 31.0. The maximum Gasteiger partial charge on any atom is 0.310 e. The molecule has 0 aliphatic heterocycles. The van der Waals surface area contributed by atoms with E-state index in [-0.39, 0.29) is 6.61 Å². The Labute approximate surface area is 95.2 Å². The first-order chi connectivity index (χ1) is 7.95. The Morgan fingerprint density at radius 2 is 2.12 bits per heavy atom. The maximum atomic E-state index is 13.5. The molecule has 0 heterocycles. The lowest BCUT2D eigenvalue weighted by atomic mass is 10.1. The van der Waals surface area contributed by atoms with E-state index in [4.69, 9.17) is 0 Å². The molecule has 92 valence electrons. The first-order valence-electron chi connectivity index (χ1n) is 4.73. The van der Waals surface area contributed by atoms with E-state index < -0.39 is 40.2 Å². The Morgan fingerprint density at radius 1 is 1.47 bits per heavy atom. The van der Waals surface area contributed by atoms with Crippen LogP contribution in [-0.2, 0) is 16.0 Å². The number of hydrogen-bond donors (Lipinski definition) is 0. The highest BCUT2D eigenvalue weighted by Crippen LogP contribution is 2.22. The number of benzene rings is 1. The van der Waals surface area contributed by atoms with Gasteiger partial charge >= 0.3 is 11.7 Å². The lowest BCUT2D eigenvalue weighted by Crippen LogP contribution is -2.10. The van der Waals surface area contributed by atoms with Crippen LogP contribution in [0.1, 0.15) is 12.5 Å². The van der Waals surface area contributed by atoms with Crippen molar-refractivity contribution in [2.45, 2.75) is 13.3 Å². The van der Waals surface area contributed by atoms with Gasteiger partial charge in [-0.3, -0.25) is 14.9 Å². The third-order valence-corrected chi connectivity index (χ3v) is 1.93. The molecule has 5 nitrogen and oxygen atoms in total. The number of nitro benzene ring substituents is 1. The molecule has 0 unspecified atom stereocenters. The lowest BCUT2D eigenvalue weighted by Gasteiger charge is -2.04. The Balaban J connectivity index is 3.07. The van der Waals surface area contributed by atoms with E-state index in [1.54, 1.807) is 6.92 Å². The third-order valence-electron chi connectivity index (χ3n) is 1.93. The van der Waals surface area contributed by atoms with Gasteiger partial charge in [-0.1, -0.05) is 0 Å². The van der Waals surface area contributed by atoms with Gasteiger partial charge in [-0.25, -0.2) is 4.39 Å². The summed E-state index contributed by atoms with van der Waals surface area (Å²) in [7, 11) is 0. The second-order valence-corrected chi connectivity index (χ2v) is 3.14. The fourth-order valence-electron chi connectivity index (χ4n) is 1.26. The Morgan fingerprint density at radius 3 is 2.65 bits per heavy atom. The molecule has 0 atom stereocenters. The molecule has 0 fully saturated rings. The summed E-state index contributed by atoms with van der Waals surface area (Å²) in [5.41, 5.74) is -1.39. The fraction of sp³-hybridized carbons (Fsp3) is 0.300. The number of hydrogen-bond acceptors (Lipinski definition) is 4. The monoisotopic (exact) mass is 245 g/mol. The molecule has 1 rings (SSSR count). The largest absolute Gasteiger partial charge is 0.466 e. The zero-order valence-corrected chi connectivity index (χ0v) is 8.91. The van der Waals surface area contributed by atoms with Crippen LogP contribution >= 0.6 is 0 Å². The van der Waals surface area contributed by atoms with Crippen LogP contribution in [0.5, 0.6) is 0 Å². The van der Waals surface area contributed by atoms with E-state index >= 15 is 0 Å². The lowest BCUT2D eigenvalue weighted by molar-refractivity contribution is -0.387. The van der Waals surface area contributed by atoms with Gasteiger partial charge in [-0.15, -0.1) is 0 Å². The SMILES string of the molecule is CCOC(=O)Cc1cc(F)cc([N+](=O)[O-])c1F. The van der Waals surface area contributed by atoms with Gasteiger partial charge in [0, 0.05) is 5.56 Å². The molecule has 0 amide bonds. The summed E-state index contributed by atoms with van der Waals surface area (Å²) in [6.45, 7) is 1.65. The predicted molar refractivity (Wildman–Crippen MR) is 53.3 cm³/mol. The molecule has 0 saturated carbocycles. The number of nitro groups is 1. The molecule has 0 saturated heterocycles. The van der Waals surface area contributed by atoms with Crippen LogP contribution in [0, 0.1) is 21.7 Å². The molecule has 0 radical (unpaired) electrons. The molecule has 0 N–H and O–H groups in total. The van der Waals surface area contributed by atoms with Crippen molar-refractivity contribution in [3.8, 4) is 0 Å². The van der Waals surface area contributed by atoms with Crippen LogP contribution in [0.3, 0.4) is 0 Å². The zero-order chi connectivity index (χ0) is 13.0. The normalized spacial score (nSPS) is 10.1. The summed E-state index contributed by atoms with van der Waals surface area (Å²) in [4.78, 5) is 20.4. The minimum Gasteiger partial charge on any atom is -0.466 e. The second-order valence-electron chi connectivity index (χ2n) is 3.14. The van der Waals surface area contributed by atoms with Gasteiger partial charge in [-0.05, 0) is 13.0 Å². The van der Waals surface area contributed by atoms with E-state index in [9.17, 15) is 23.7 Å². The van der Waals surface area contributed by atoms with Crippen LogP contribution in [-0.4, -0.2) is 17.5 Å². The number of rotatable bonds is 4. The van der Waals surface area contributed by atoms with E-state index in [1.165, 1.54) is 0 Å². The van der Waals surface area contributed by atoms with Gasteiger partial charge in [0.15, 0.2) is 0 Å². The maximum absolute atomic E-state index is 13.5. The van der Waals surface area contributed by atoms with E-state index in [1.807, 2.05) is 0 Å². The zero-order valence-electron chi connectivity index (χ0n) is 8.91. The summed E-state index contributed by atoms with van der Waals surface area (Å²) >= 11 is 0. The highest BCUT2D eigenvalue weighted by atomic mass is 19.1. The topological polar surface area (TPSA) is 69.4 Å². The quantitative estimate of drug-likeness (QED) is 0.462. The number of ether oxygens (including phenoxy) is 1. The smallest absolute Gasteiger partial charge is 0.310 e. The Hall–Kier alpha value is -2.05. The van der Waals surface area contributed by atoms with Crippen molar-refractivity contribution in [3.05, 3.63) is 39.4 Å². The van der Waals surface area contributed by atoms with Crippen LogP contribution in [0.15, 0.2) is 12.1 Å². The Kier molecular flexibility index (Phi) is 4.08. The van der Waals surface area contributed by atoms with Crippen LogP contribution in [0.4, 0.5) is 14.5 Å².